The summed E-state index contributed by atoms with van der Waals surface area (Å²) in [7, 11) is 0. The van der Waals surface area contributed by atoms with Gasteiger partial charge in [-0.2, -0.15) is 11.8 Å². The Morgan fingerprint density at radius 2 is 1.71 bits per heavy atom. The minimum atomic E-state index is -0.154. The van der Waals surface area contributed by atoms with E-state index in [1.165, 1.54) is 25.7 Å². The van der Waals surface area contributed by atoms with Gasteiger partial charge in [0.25, 0.3) is 5.91 Å². The Labute approximate surface area is 214 Å². The highest BCUT2D eigenvalue weighted by Crippen LogP contribution is 2.54. The van der Waals surface area contributed by atoms with E-state index < -0.39 is 0 Å². The van der Waals surface area contributed by atoms with Crippen LogP contribution in [-0.4, -0.2) is 61.5 Å². The average Bonchev–Trinajstić information content (AvgIpc) is 3.68. The van der Waals surface area contributed by atoms with E-state index in [0.29, 0.717) is 30.0 Å². The van der Waals surface area contributed by atoms with Crippen molar-refractivity contribution < 1.29 is 9.53 Å². The predicted octanol–water partition coefficient (Wildman–Crippen LogP) is 5.40. The summed E-state index contributed by atoms with van der Waals surface area (Å²) in [4.78, 5) is 27.6. The molecule has 1 atom stereocenters. The number of nitrogens with zero attached hydrogens (tertiary/aromatic N) is 4. The lowest BCUT2D eigenvalue weighted by atomic mass is 9.93. The number of aromatic nitrogens is 2. The van der Waals surface area contributed by atoms with Gasteiger partial charge in [0.1, 0.15) is 17.5 Å². The lowest BCUT2D eigenvalue weighted by Gasteiger charge is -2.34. The summed E-state index contributed by atoms with van der Waals surface area (Å²) in [6.45, 7) is 11.1. The molecule has 1 unspecified atom stereocenters. The molecule has 3 aliphatic rings. The van der Waals surface area contributed by atoms with Crippen LogP contribution in [0.3, 0.4) is 0 Å². The summed E-state index contributed by atoms with van der Waals surface area (Å²) in [5.41, 5.74) is 2.22. The molecule has 3 fully saturated rings. The summed E-state index contributed by atoms with van der Waals surface area (Å²) < 4.78 is 5.44. The Morgan fingerprint density at radius 1 is 1.00 bits per heavy atom. The van der Waals surface area contributed by atoms with Crippen LogP contribution < -0.4 is 15.1 Å². The quantitative estimate of drug-likeness (QED) is 0.573. The monoisotopic (exact) mass is 497 g/mol. The number of pyridine rings is 2. The molecule has 2 aromatic heterocycles. The molecule has 4 heterocycles. The van der Waals surface area contributed by atoms with Crippen LogP contribution in [0.5, 0.6) is 0 Å². The molecule has 1 spiro atoms. The maximum Gasteiger partial charge on any atom is 0.260 e. The van der Waals surface area contributed by atoms with E-state index in [2.05, 4.69) is 28.3 Å². The van der Waals surface area contributed by atoms with Crippen LogP contribution >= 0.6 is 11.8 Å². The van der Waals surface area contributed by atoms with Crippen molar-refractivity contribution >= 4 is 35.1 Å². The first kappa shape index (κ1) is 25.8. The molecule has 0 bridgehead atoms. The van der Waals surface area contributed by atoms with Gasteiger partial charge in [0.05, 0.1) is 24.5 Å². The normalized spacial score (nSPS) is 19.5. The van der Waals surface area contributed by atoms with Gasteiger partial charge in [-0.15, -0.1) is 0 Å². The van der Waals surface area contributed by atoms with Gasteiger partial charge in [-0.1, -0.05) is 19.9 Å². The summed E-state index contributed by atoms with van der Waals surface area (Å²) >= 11 is 1.77. The molecule has 2 aliphatic heterocycles. The van der Waals surface area contributed by atoms with Crippen molar-refractivity contribution in [2.24, 2.45) is 5.41 Å². The minimum absolute atomic E-state index is 0.154. The molecule has 1 N–H and O–H groups in total. The highest BCUT2D eigenvalue weighted by atomic mass is 32.2. The zero-order valence-corrected chi connectivity index (χ0v) is 22.4. The molecular formula is C27H39N5O2S. The molecule has 35 heavy (non-hydrogen) atoms. The molecule has 0 radical (unpaired) electrons. The van der Waals surface area contributed by atoms with Crippen molar-refractivity contribution in [3.8, 4) is 0 Å². The van der Waals surface area contributed by atoms with Gasteiger partial charge in [-0.3, -0.25) is 4.79 Å². The van der Waals surface area contributed by atoms with Gasteiger partial charge >= 0.3 is 0 Å². The fourth-order valence-corrected chi connectivity index (χ4v) is 5.12. The lowest BCUT2D eigenvalue weighted by Crippen LogP contribution is -2.37. The van der Waals surface area contributed by atoms with E-state index in [1.54, 1.807) is 11.8 Å². The topological polar surface area (TPSA) is 70.6 Å². The molecule has 1 saturated carbocycles. The lowest BCUT2D eigenvalue weighted by molar-refractivity contribution is 0.102. The third kappa shape index (κ3) is 6.09. The largest absolute Gasteiger partial charge is 0.378 e. The number of ether oxygens (including phenoxy) is 1. The molecular weight excluding hydrogens is 458 g/mol. The Hall–Kier alpha value is -2.32. The molecule has 2 aromatic rings. The van der Waals surface area contributed by atoms with Crippen molar-refractivity contribution in [3.63, 3.8) is 0 Å². The first-order chi connectivity index (χ1) is 17.1. The highest BCUT2D eigenvalue weighted by molar-refractivity contribution is 7.98. The number of amides is 1. The first-order valence-electron chi connectivity index (χ1n) is 13.0. The van der Waals surface area contributed by atoms with E-state index in [-0.39, 0.29) is 11.2 Å². The number of thioether (sulfide) groups is 1. The zero-order valence-electron chi connectivity index (χ0n) is 21.5. The Kier molecular flexibility index (Phi) is 8.55. The van der Waals surface area contributed by atoms with E-state index >= 15 is 0 Å². The smallest absolute Gasteiger partial charge is 0.260 e. The van der Waals surface area contributed by atoms with Gasteiger partial charge in [0.2, 0.25) is 0 Å². The van der Waals surface area contributed by atoms with Crippen molar-refractivity contribution in [1.29, 1.82) is 0 Å². The number of carbonyl (C=O) groups is 1. The molecule has 1 aliphatic carbocycles. The number of nitrogens with one attached hydrogen (secondary N) is 1. The van der Waals surface area contributed by atoms with Crippen LogP contribution in [0.25, 0.3) is 0 Å². The van der Waals surface area contributed by atoms with E-state index in [9.17, 15) is 4.79 Å². The van der Waals surface area contributed by atoms with Crippen LogP contribution in [0.4, 0.5) is 17.5 Å². The Morgan fingerprint density at radius 3 is 2.37 bits per heavy atom. The third-order valence-electron chi connectivity index (χ3n) is 7.30. The van der Waals surface area contributed by atoms with Crippen molar-refractivity contribution in [3.05, 3.63) is 41.6 Å². The number of rotatable bonds is 6. The fraction of sp³-hybridized carbons (Fsp3) is 0.593. The second-order valence-corrected chi connectivity index (χ2v) is 10.6. The molecule has 190 valence electrons. The molecule has 2 saturated heterocycles. The van der Waals surface area contributed by atoms with Crippen LogP contribution in [0.1, 0.15) is 67.8 Å². The van der Waals surface area contributed by atoms with Gasteiger partial charge in [0, 0.05) is 31.4 Å². The van der Waals surface area contributed by atoms with Crippen LogP contribution in [0.2, 0.25) is 0 Å². The summed E-state index contributed by atoms with van der Waals surface area (Å²) in [5, 5.41) is 3.31. The Balaban J connectivity index is 0.00000141. The standard InChI is InChI=1S/C25H33N5O2S.C2H6/c1-18(33-2)20-7-6-19(23(26-20)30-12-10-25(8-9-25)11-13-30)24(31)28-21-4-3-5-22(27-21)29-14-16-32-17-15-29;1-2/h3-7,18H,8-17H2,1-2H3,(H,27,28,31);1-2H3. The van der Waals surface area contributed by atoms with Gasteiger partial charge in [-0.25, -0.2) is 9.97 Å². The van der Waals surface area contributed by atoms with Crippen LogP contribution in [0, 0.1) is 5.41 Å². The Bertz CT molecular complexity index is 997. The second kappa shape index (κ2) is 11.6. The summed E-state index contributed by atoms with van der Waals surface area (Å²) in [5.74, 6) is 2.08. The van der Waals surface area contributed by atoms with Crippen LogP contribution in [-0.2, 0) is 4.74 Å². The average molecular weight is 498 g/mol. The summed E-state index contributed by atoms with van der Waals surface area (Å²) in [6, 6.07) is 9.69. The maximum atomic E-state index is 13.4. The van der Waals surface area contributed by atoms with Crippen molar-refractivity contribution in [2.75, 3.05) is 60.8 Å². The number of hydrogen-bond acceptors (Lipinski definition) is 7. The van der Waals surface area contributed by atoms with E-state index in [1.807, 2.05) is 44.2 Å². The zero-order chi connectivity index (χ0) is 24.8. The number of anilines is 3. The number of carbonyl (C=O) groups excluding carboxylic acids is 1. The SMILES string of the molecule is CC.CSC(C)c1ccc(C(=O)Nc2cccc(N3CCOCC3)n2)c(N2CCC3(CC2)CC3)n1. The second-order valence-electron chi connectivity index (χ2n) is 9.41. The highest BCUT2D eigenvalue weighted by Gasteiger charge is 2.45. The molecule has 7 nitrogen and oxygen atoms in total. The van der Waals surface area contributed by atoms with Crippen LogP contribution in [0.15, 0.2) is 30.3 Å². The molecule has 0 aromatic carbocycles. The summed E-state index contributed by atoms with van der Waals surface area (Å²) in [6.07, 6.45) is 7.20. The molecule has 8 heteroatoms. The number of morpholine rings is 1. The van der Waals surface area contributed by atoms with Gasteiger partial charge in [0.15, 0.2) is 0 Å². The molecule has 5 rings (SSSR count). The molecule has 1 amide bonds. The first-order valence-corrected chi connectivity index (χ1v) is 14.3. The third-order valence-corrected chi connectivity index (χ3v) is 8.25. The number of hydrogen-bond donors (Lipinski definition) is 1. The van der Waals surface area contributed by atoms with Crippen molar-refractivity contribution in [2.45, 2.75) is 51.7 Å². The predicted molar refractivity (Wildman–Crippen MR) is 146 cm³/mol. The minimum Gasteiger partial charge on any atom is -0.378 e. The fourth-order valence-electron chi connectivity index (χ4n) is 4.74. The van der Waals surface area contributed by atoms with Gasteiger partial charge in [-0.05, 0) is 68.5 Å². The van der Waals surface area contributed by atoms with E-state index in [4.69, 9.17) is 14.7 Å². The van der Waals surface area contributed by atoms with Gasteiger partial charge < -0.3 is 19.9 Å². The van der Waals surface area contributed by atoms with E-state index in [0.717, 1.165) is 43.5 Å². The van der Waals surface area contributed by atoms with Crippen molar-refractivity contribution in [1.82, 2.24) is 9.97 Å². The maximum absolute atomic E-state index is 13.4. The number of piperidine rings is 1.